The van der Waals surface area contributed by atoms with Crippen molar-refractivity contribution in [1.29, 1.82) is 0 Å². The fourth-order valence-corrected chi connectivity index (χ4v) is 2.77. The molecule has 5 heteroatoms. The molecule has 0 radical (unpaired) electrons. The van der Waals surface area contributed by atoms with Crippen LogP contribution in [0.3, 0.4) is 0 Å². The Kier molecular flexibility index (Phi) is 7.20. The van der Waals surface area contributed by atoms with Gasteiger partial charge in [-0.2, -0.15) is 0 Å². The molecule has 0 spiro atoms. The Morgan fingerprint density at radius 3 is 2.52 bits per heavy atom. The lowest BCUT2D eigenvalue weighted by Gasteiger charge is -2.32. The van der Waals surface area contributed by atoms with Gasteiger partial charge < -0.3 is 20.3 Å². The van der Waals surface area contributed by atoms with Crippen molar-refractivity contribution < 1.29 is 4.74 Å². The minimum Gasteiger partial charge on any atom is -0.383 e. The van der Waals surface area contributed by atoms with Crippen LogP contribution in [0.5, 0.6) is 0 Å². The van der Waals surface area contributed by atoms with Gasteiger partial charge in [0.2, 0.25) is 0 Å². The molecule has 1 aliphatic rings. The molecule has 1 heterocycles. The number of aliphatic imine (C=N–C) groups is 1. The van der Waals surface area contributed by atoms with Crippen LogP contribution in [0.2, 0.25) is 0 Å². The van der Waals surface area contributed by atoms with Crippen LogP contribution in [0.4, 0.5) is 5.69 Å². The van der Waals surface area contributed by atoms with Crippen LogP contribution < -0.4 is 15.5 Å². The second-order valence-electron chi connectivity index (χ2n) is 6.18. The minimum absolute atomic E-state index is 0.670. The van der Waals surface area contributed by atoms with Crippen molar-refractivity contribution in [1.82, 2.24) is 10.6 Å². The SMILES string of the molecule is CN=C(NCCOC)NCc1ccc(N2CCC(C)CC2)cc1. The van der Waals surface area contributed by atoms with Gasteiger partial charge in [0, 0.05) is 46.0 Å². The predicted octanol–water partition coefficient (Wildman–Crippen LogP) is 2.23. The third-order valence-corrected chi connectivity index (χ3v) is 4.37. The predicted molar refractivity (Wildman–Crippen MR) is 97.1 cm³/mol. The third kappa shape index (κ3) is 5.75. The summed E-state index contributed by atoms with van der Waals surface area (Å²) < 4.78 is 5.03. The highest BCUT2D eigenvalue weighted by molar-refractivity contribution is 5.79. The summed E-state index contributed by atoms with van der Waals surface area (Å²) >= 11 is 0. The largest absolute Gasteiger partial charge is 0.383 e. The van der Waals surface area contributed by atoms with Crippen LogP contribution in [-0.4, -0.2) is 46.4 Å². The molecule has 1 aromatic rings. The molecule has 0 saturated carbocycles. The molecule has 1 fully saturated rings. The van der Waals surface area contributed by atoms with Crippen molar-refractivity contribution in [2.45, 2.75) is 26.3 Å². The van der Waals surface area contributed by atoms with Crippen molar-refractivity contribution in [2.75, 3.05) is 45.3 Å². The van der Waals surface area contributed by atoms with Gasteiger partial charge in [0.1, 0.15) is 0 Å². The van der Waals surface area contributed by atoms with E-state index in [0.29, 0.717) is 6.61 Å². The quantitative estimate of drug-likeness (QED) is 0.480. The molecule has 0 atom stereocenters. The van der Waals surface area contributed by atoms with E-state index in [2.05, 4.69) is 51.7 Å². The van der Waals surface area contributed by atoms with E-state index < -0.39 is 0 Å². The van der Waals surface area contributed by atoms with E-state index in [4.69, 9.17) is 4.74 Å². The Bertz CT molecular complexity index is 478. The van der Waals surface area contributed by atoms with Crippen molar-refractivity contribution in [2.24, 2.45) is 10.9 Å². The van der Waals surface area contributed by atoms with Crippen molar-refractivity contribution in [3.63, 3.8) is 0 Å². The first kappa shape index (κ1) is 17.6. The Balaban J connectivity index is 1.80. The van der Waals surface area contributed by atoms with E-state index in [0.717, 1.165) is 25.0 Å². The zero-order valence-electron chi connectivity index (χ0n) is 14.6. The summed E-state index contributed by atoms with van der Waals surface area (Å²) in [7, 11) is 3.48. The monoisotopic (exact) mass is 318 g/mol. The van der Waals surface area contributed by atoms with E-state index >= 15 is 0 Å². The number of benzene rings is 1. The summed E-state index contributed by atoms with van der Waals surface area (Å²) in [6, 6.07) is 8.85. The lowest BCUT2D eigenvalue weighted by molar-refractivity contribution is 0.203. The van der Waals surface area contributed by atoms with Crippen molar-refractivity contribution in [3.8, 4) is 0 Å². The van der Waals surface area contributed by atoms with Crippen LogP contribution >= 0.6 is 0 Å². The maximum Gasteiger partial charge on any atom is 0.191 e. The number of methoxy groups -OCH3 is 1. The van der Waals surface area contributed by atoms with E-state index in [1.54, 1.807) is 14.2 Å². The highest BCUT2D eigenvalue weighted by Crippen LogP contribution is 2.23. The second kappa shape index (κ2) is 9.40. The van der Waals surface area contributed by atoms with Gasteiger partial charge >= 0.3 is 0 Å². The molecule has 0 aromatic heterocycles. The minimum atomic E-state index is 0.670. The molecule has 1 aromatic carbocycles. The van der Waals surface area contributed by atoms with Gasteiger partial charge in [0.25, 0.3) is 0 Å². The van der Waals surface area contributed by atoms with Crippen molar-refractivity contribution in [3.05, 3.63) is 29.8 Å². The van der Waals surface area contributed by atoms with E-state index in [1.807, 2.05) is 0 Å². The molecule has 0 aliphatic carbocycles. The molecule has 0 amide bonds. The molecule has 2 N–H and O–H groups in total. The number of anilines is 1. The maximum atomic E-state index is 5.03. The Morgan fingerprint density at radius 2 is 1.91 bits per heavy atom. The second-order valence-corrected chi connectivity index (χ2v) is 6.18. The van der Waals surface area contributed by atoms with Gasteiger partial charge in [0.15, 0.2) is 5.96 Å². The number of hydrogen-bond donors (Lipinski definition) is 2. The van der Waals surface area contributed by atoms with Crippen LogP contribution in [0.15, 0.2) is 29.3 Å². The summed E-state index contributed by atoms with van der Waals surface area (Å²) in [6.07, 6.45) is 2.60. The van der Waals surface area contributed by atoms with Gasteiger partial charge in [-0.1, -0.05) is 19.1 Å². The lowest BCUT2D eigenvalue weighted by Crippen LogP contribution is -2.38. The molecule has 2 rings (SSSR count). The molecule has 1 aliphatic heterocycles. The van der Waals surface area contributed by atoms with Gasteiger partial charge in [-0.15, -0.1) is 0 Å². The number of rotatable bonds is 6. The smallest absolute Gasteiger partial charge is 0.191 e. The Morgan fingerprint density at radius 1 is 1.22 bits per heavy atom. The summed E-state index contributed by atoms with van der Waals surface area (Å²) in [4.78, 5) is 6.69. The van der Waals surface area contributed by atoms with E-state index in [1.165, 1.54) is 37.2 Å². The number of nitrogens with zero attached hydrogens (tertiary/aromatic N) is 2. The first-order valence-corrected chi connectivity index (χ1v) is 8.50. The van der Waals surface area contributed by atoms with Gasteiger partial charge in [-0.05, 0) is 36.5 Å². The summed E-state index contributed by atoms with van der Waals surface area (Å²) in [5.74, 6) is 1.67. The summed E-state index contributed by atoms with van der Waals surface area (Å²) in [5, 5.41) is 6.53. The fraction of sp³-hybridized carbons (Fsp3) is 0.611. The highest BCUT2D eigenvalue weighted by atomic mass is 16.5. The number of nitrogens with one attached hydrogen (secondary N) is 2. The molecule has 5 nitrogen and oxygen atoms in total. The first-order chi connectivity index (χ1) is 11.2. The maximum absolute atomic E-state index is 5.03. The molecule has 0 bridgehead atoms. The molecular weight excluding hydrogens is 288 g/mol. The number of piperidine rings is 1. The molecule has 1 saturated heterocycles. The standard InChI is InChI=1S/C18H30N4O/c1-15-8-11-22(12-9-15)17-6-4-16(5-7-17)14-21-18(19-2)20-10-13-23-3/h4-7,15H,8-14H2,1-3H3,(H2,19,20,21). The summed E-state index contributed by atoms with van der Waals surface area (Å²) in [5.41, 5.74) is 2.59. The molecule has 0 unspecified atom stereocenters. The Hall–Kier alpha value is -1.75. The number of guanidine groups is 1. The number of ether oxygens (including phenoxy) is 1. The zero-order chi connectivity index (χ0) is 16.5. The molecule has 128 valence electrons. The highest BCUT2D eigenvalue weighted by Gasteiger charge is 2.15. The van der Waals surface area contributed by atoms with E-state index in [-0.39, 0.29) is 0 Å². The fourth-order valence-electron chi connectivity index (χ4n) is 2.77. The average Bonchev–Trinajstić information content (AvgIpc) is 2.59. The molecular formula is C18H30N4O. The first-order valence-electron chi connectivity index (χ1n) is 8.50. The zero-order valence-corrected chi connectivity index (χ0v) is 14.6. The number of hydrogen-bond acceptors (Lipinski definition) is 3. The molecule has 23 heavy (non-hydrogen) atoms. The van der Waals surface area contributed by atoms with Crippen LogP contribution in [-0.2, 0) is 11.3 Å². The van der Waals surface area contributed by atoms with Crippen LogP contribution in [0, 0.1) is 5.92 Å². The van der Waals surface area contributed by atoms with Crippen LogP contribution in [0.25, 0.3) is 0 Å². The Labute approximate surface area is 140 Å². The van der Waals surface area contributed by atoms with Gasteiger partial charge in [0.05, 0.1) is 6.61 Å². The normalized spacial score (nSPS) is 16.5. The topological polar surface area (TPSA) is 48.9 Å². The van der Waals surface area contributed by atoms with Gasteiger partial charge in [-0.25, -0.2) is 0 Å². The van der Waals surface area contributed by atoms with Crippen molar-refractivity contribution >= 4 is 11.6 Å². The lowest BCUT2D eigenvalue weighted by atomic mass is 9.99. The summed E-state index contributed by atoms with van der Waals surface area (Å²) in [6.45, 7) is 6.89. The van der Waals surface area contributed by atoms with Gasteiger partial charge in [-0.3, -0.25) is 4.99 Å². The van der Waals surface area contributed by atoms with E-state index in [9.17, 15) is 0 Å². The third-order valence-electron chi connectivity index (χ3n) is 4.37. The van der Waals surface area contributed by atoms with Crippen LogP contribution in [0.1, 0.15) is 25.3 Å². The average molecular weight is 318 g/mol.